The van der Waals surface area contributed by atoms with E-state index in [2.05, 4.69) is 44.3 Å². The summed E-state index contributed by atoms with van der Waals surface area (Å²) in [4.78, 5) is 0. The molecule has 0 radical (unpaired) electrons. The van der Waals surface area contributed by atoms with Gasteiger partial charge in [-0.25, -0.2) is 0 Å². The minimum absolute atomic E-state index is 0.718. The summed E-state index contributed by atoms with van der Waals surface area (Å²) in [6.07, 6.45) is 5.86. The summed E-state index contributed by atoms with van der Waals surface area (Å²) < 4.78 is 0. The topological polar surface area (TPSA) is 12.0 Å². The summed E-state index contributed by atoms with van der Waals surface area (Å²) in [5, 5.41) is 3.82. The van der Waals surface area contributed by atoms with E-state index in [1.165, 1.54) is 36.0 Å². The molecule has 4 rings (SSSR count). The molecule has 3 saturated carbocycles. The van der Waals surface area contributed by atoms with Gasteiger partial charge in [-0.2, -0.15) is 0 Å². The van der Waals surface area contributed by atoms with Gasteiger partial charge in [0, 0.05) is 6.04 Å². The third-order valence-corrected chi connectivity index (χ3v) is 6.75. The number of hydrogen-bond donors (Lipinski definition) is 1. The highest BCUT2D eigenvalue weighted by Crippen LogP contribution is 2.70. The van der Waals surface area contributed by atoms with Gasteiger partial charge in [0.05, 0.1) is 0 Å². The third-order valence-electron chi connectivity index (χ3n) is 6.75. The first kappa shape index (κ1) is 13.8. The standard InChI is InChI=1S/C20H29N/c1-4-21-17(10-14-6-5-12(2)13(3)9-14)20-18-15-7-8-16(11-15)19(18)20/h5-6,9,15-21H,4,7-8,10-11H2,1-3H3. The molecule has 1 heteroatoms. The maximum absolute atomic E-state index is 3.82. The molecular formula is C20H29N. The molecule has 0 aromatic heterocycles. The van der Waals surface area contributed by atoms with Gasteiger partial charge in [-0.3, -0.25) is 0 Å². The van der Waals surface area contributed by atoms with Crippen LogP contribution in [0.1, 0.15) is 42.9 Å². The van der Waals surface area contributed by atoms with Crippen molar-refractivity contribution in [1.82, 2.24) is 5.32 Å². The fourth-order valence-corrected chi connectivity index (χ4v) is 5.72. The van der Waals surface area contributed by atoms with Crippen molar-refractivity contribution >= 4 is 0 Å². The monoisotopic (exact) mass is 283 g/mol. The van der Waals surface area contributed by atoms with Crippen LogP contribution < -0.4 is 5.32 Å². The molecule has 1 nitrogen and oxygen atoms in total. The van der Waals surface area contributed by atoms with E-state index in [-0.39, 0.29) is 0 Å². The maximum atomic E-state index is 3.82. The first-order chi connectivity index (χ1) is 10.2. The Kier molecular flexibility index (Phi) is 3.37. The maximum Gasteiger partial charge on any atom is 0.0141 e. The van der Waals surface area contributed by atoms with Gasteiger partial charge >= 0.3 is 0 Å². The Morgan fingerprint density at radius 1 is 1.10 bits per heavy atom. The number of fused-ring (bicyclic) bond motifs is 5. The highest BCUT2D eigenvalue weighted by atomic mass is 14.9. The molecular weight excluding hydrogens is 254 g/mol. The molecule has 2 bridgehead atoms. The number of hydrogen-bond acceptors (Lipinski definition) is 1. The van der Waals surface area contributed by atoms with Gasteiger partial charge in [0.1, 0.15) is 0 Å². The van der Waals surface area contributed by atoms with E-state index in [1.54, 1.807) is 6.42 Å². The van der Waals surface area contributed by atoms with E-state index in [0.717, 1.165) is 42.2 Å². The minimum Gasteiger partial charge on any atom is -0.314 e. The zero-order valence-corrected chi connectivity index (χ0v) is 13.7. The molecule has 0 spiro atoms. The van der Waals surface area contributed by atoms with Gasteiger partial charge in [-0.1, -0.05) is 25.1 Å². The van der Waals surface area contributed by atoms with E-state index in [4.69, 9.17) is 0 Å². The van der Waals surface area contributed by atoms with Gasteiger partial charge in [0.2, 0.25) is 0 Å². The summed E-state index contributed by atoms with van der Waals surface area (Å²) >= 11 is 0. The summed E-state index contributed by atoms with van der Waals surface area (Å²) in [5.41, 5.74) is 4.39. The summed E-state index contributed by atoms with van der Waals surface area (Å²) in [6.45, 7) is 7.83. The van der Waals surface area contributed by atoms with Crippen molar-refractivity contribution in [3.8, 4) is 0 Å². The predicted molar refractivity (Wildman–Crippen MR) is 88.4 cm³/mol. The van der Waals surface area contributed by atoms with Crippen molar-refractivity contribution in [3.63, 3.8) is 0 Å². The molecule has 1 aromatic rings. The van der Waals surface area contributed by atoms with Crippen molar-refractivity contribution in [3.05, 3.63) is 34.9 Å². The highest BCUT2D eigenvalue weighted by Gasteiger charge is 2.66. The molecule has 3 aliphatic rings. The first-order valence-corrected chi connectivity index (χ1v) is 8.98. The fourth-order valence-electron chi connectivity index (χ4n) is 5.72. The molecule has 0 heterocycles. The second kappa shape index (κ2) is 5.12. The lowest BCUT2D eigenvalue weighted by molar-refractivity contribution is 0.365. The molecule has 0 aliphatic heterocycles. The van der Waals surface area contributed by atoms with Gasteiger partial charge in [0.15, 0.2) is 0 Å². The average molecular weight is 283 g/mol. The van der Waals surface area contributed by atoms with Crippen LogP contribution in [0.5, 0.6) is 0 Å². The van der Waals surface area contributed by atoms with Crippen LogP contribution in [0.15, 0.2) is 18.2 Å². The van der Waals surface area contributed by atoms with E-state index < -0.39 is 0 Å². The average Bonchev–Trinajstić information content (AvgIpc) is 2.89. The lowest BCUT2D eigenvalue weighted by Crippen LogP contribution is -2.35. The van der Waals surface area contributed by atoms with Crippen molar-refractivity contribution in [2.45, 2.75) is 52.5 Å². The second-order valence-corrected chi connectivity index (χ2v) is 7.85. The molecule has 3 fully saturated rings. The molecule has 5 atom stereocenters. The van der Waals surface area contributed by atoms with Gasteiger partial charge in [0.25, 0.3) is 0 Å². The smallest absolute Gasteiger partial charge is 0.0141 e. The molecule has 0 amide bonds. The van der Waals surface area contributed by atoms with Crippen LogP contribution in [-0.2, 0) is 6.42 Å². The fraction of sp³-hybridized carbons (Fsp3) is 0.700. The molecule has 3 aliphatic carbocycles. The van der Waals surface area contributed by atoms with Crippen molar-refractivity contribution in [1.29, 1.82) is 0 Å². The lowest BCUT2D eigenvalue weighted by Gasteiger charge is -2.22. The van der Waals surface area contributed by atoms with Crippen LogP contribution in [0, 0.1) is 43.4 Å². The number of benzene rings is 1. The molecule has 21 heavy (non-hydrogen) atoms. The third kappa shape index (κ3) is 2.25. The molecule has 1 aromatic carbocycles. The second-order valence-electron chi connectivity index (χ2n) is 7.85. The summed E-state index contributed by atoms with van der Waals surface area (Å²) in [5.74, 6) is 5.33. The van der Waals surface area contributed by atoms with Crippen LogP contribution in [0.2, 0.25) is 0 Å². The Hall–Kier alpha value is -0.820. The number of nitrogens with one attached hydrogen (secondary N) is 1. The number of rotatable bonds is 5. The van der Waals surface area contributed by atoms with Gasteiger partial charge in [-0.15, -0.1) is 0 Å². The quantitative estimate of drug-likeness (QED) is 0.857. The Balaban J connectivity index is 1.49. The summed E-state index contributed by atoms with van der Waals surface area (Å²) in [7, 11) is 0. The van der Waals surface area contributed by atoms with E-state index >= 15 is 0 Å². The zero-order valence-electron chi connectivity index (χ0n) is 13.7. The molecule has 114 valence electrons. The van der Waals surface area contributed by atoms with Crippen LogP contribution in [0.3, 0.4) is 0 Å². The summed E-state index contributed by atoms with van der Waals surface area (Å²) in [6, 6.07) is 7.77. The van der Waals surface area contributed by atoms with Gasteiger partial charge in [-0.05, 0) is 92.4 Å². The van der Waals surface area contributed by atoms with Gasteiger partial charge < -0.3 is 5.32 Å². The Morgan fingerprint density at radius 2 is 1.81 bits per heavy atom. The Labute approximate surface area is 129 Å². The van der Waals surface area contributed by atoms with E-state index in [1.807, 2.05) is 0 Å². The number of likely N-dealkylation sites (N-methyl/N-ethyl adjacent to an activating group) is 1. The zero-order chi connectivity index (χ0) is 14.6. The van der Waals surface area contributed by atoms with Crippen molar-refractivity contribution < 1.29 is 0 Å². The van der Waals surface area contributed by atoms with Crippen molar-refractivity contribution in [2.75, 3.05) is 6.54 Å². The number of aryl methyl sites for hydroxylation is 2. The minimum atomic E-state index is 0.718. The normalized spacial score (nSPS) is 37.6. The molecule has 1 N–H and O–H groups in total. The lowest BCUT2D eigenvalue weighted by atomic mass is 9.92. The highest BCUT2D eigenvalue weighted by molar-refractivity contribution is 5.31. The molecule has 5 unspecified atom stereocenters. The molecule has 0 saturated heterocycles. The van der Waals surface area contributed by atoms with E-state index in [9.17, 15) is 0 Å². The van der Waals surface area contributed by atoms with Crippen LogP contribution >= 0.6 is 0 Å². The Morgan fingerprint density at radius 3 is 2.43 bits per heavy atom. The SMILES string of the molecule is CCNC(Cc1ccc(C)c(C)c1)C1C2C3CCC(C3)C21. The Bertz CT molecular complexity index is 519. The van der Waals surface area contributed by atoms with Crippen LogP contribution in [0.4, 0.5) is 0 Å². The van der Waals surface area contributed by atoms with Crippen molar-refractivity contribution in [2.24, 2.45) is 29.6 Å². The van der Waals surface area contributed by atoms with E-state index in [0.29, 0.717) is 0 Å². The largest absolute Gasteiger partial charge is 0.314 e. The van der Waals surface area contributed by atoms with Crippen LogP contribution in [-0.4, -0.2) is 12.6 Å². The van der Waals surface area contributed by atoms with Crippen LogP contribution in [0.25, 0.3) is 0 Å². The predicted octanol–water partition coefficient (Wildman–Crippen LogP) is 4.12. The first-order valence-electron chi connectivity index (χ1n) is 8.98.